The lowest BCUT2D eigenvalue weighted by molar-refractivity contribution is -0.337. The standard InChI is InChI=1S/C26H23FN2O3/c1-26(2)25(30)29(31-17-18-8-4-3-5-9-18)24-22-11-7-6-10-20(22)16-23(28(24)32-26)19-12-14-21(27)15-13-19/h3-16,24H,17H2,1-2H3. The van der Waals surface area contributed by atoms with E-state index in [4.69, 9.17) is 9.68 Å². The molecule has 2 aliphatic heterocycles. The molecule has 0 aliphatic carbocycles. The molecule has 2 aliphatic rings. The number of fused-ring (bicyclic) bond motifs is 3. The normalized spacial score (nSPS) is 19.3. The third kappa shape index (κ3) is 3.57. The summed E-state index contributed by atoms with van der Waals surface area (Å²) in [7, 11) is 0. The van der Waals surface area contributed by atoms with Gasteiger partial charge in [-0.1, -0.05) is 54.6 Å². The molecule has 1 saturated heterocycles. The molecule has 5 rings (SSSR count). The van der Waals surface area contributed by atoms with Crippen molar-refractivity contribution < 1.29 is 18.9 Å². The lowest BCUT2D eigenvalue weighted by Crippen LogP contribution is -2.60. The van der Waals surface area contributed by atoms with Gasteiger partial charge in [0.15, 0.2) is 11.8 Å². The van der Waals surface area contributed by atoms with E-state index in [2.05, 4.69) is 0 Å². The molecule has 2 heterocycles. The number of hydrogen-bond acceptors (Lipinski definition) is 4. The molecule has 162 valence electrons. The number of amides is 1. The van der Waals surface area contributed by atoms with Crippen LogP contribution < -0.4 is 0 Å². The van der Waals surface area contributed by atoms with Crippen LogP contribution in [0.1, 0.15) is 42.3 Å². The van der Waals surface area contributed by atoms with E-state index in [-0.39, 0.29) is 18.3 Å². The Morgan fingerprint density at radius 3 is 2.41 bits per heavy atom. The first-order chi connectivity index (χ1) is 15.4. The maximum atomic E-state index is 13.6. The summed E-state index contributed by atoms with van der Waals surface area (Å²) in [5, 5.41) is 3.10. The monoisotopic (exact) mass is 430 g/mol. The average Bonchev–Trinajstić information content (AvgIpc) is 2.80. The summed E-state index contributed by atoms with van der Waals surface area (Å²) in [5.41, 5.74) is 3.13. The van der Waals surface area contributed by atoms with E-state index < -0.39 is 11.8 Å². The highest BCUT2D eigenvalue weighted by atomic mass is 19.1. The number of hydroxylamine groups is 4. The SMILES string of the molecule is CC1(C)ON2C(c3ccc(F)cc3)=Cc3ccccc3C2N(OCc2ccccc2)C1=O. The van der Waals surface area contributed by atoms with Crippen LogP contribution in [-0.4, -0.2) is 21.6 Å². The number of benzene rings is 3. The van der Waals surface area contributed by atoms with Gasteiger partial charge in [-0.3, -0.25) is 14.5 Å². The Hall–Kier alpha value is -3.48. The molecule has 0 spiro atoms. The molecule has 5 nitrogen and oxygen atoms in total. The first-order valence-electron chi connectivity index (χ1n) is 10.5. The van der Waals surface area contributed by atoms with Crippen LogP contribution in [-0.2, 0) is 21.1 Å². The van der Waals surface area contributed by atoms with Crippen LogP contribution >= 0.6 is 0 Å². The van der Waals surface area contributed by atoms with Crippen LogP contribution in [0.15, 0.2) is 78.9 Å². The number of rotatable bonds is 4. The van der Waals surface area contributed by atoms with Gasteiger partial charge in [0.1, 0.15) is 12.4 Å². The molecule has 1 amide bonds. The van der Waals surface area contributed by atoms with E-state index in [1.165, 1.54) is 17.2 Å². The van der Waals surface area contributed by atoms with Gasteiger partial charge < -0.3 is 0 Å². The number of carbonyl (C=O) groups is 1. The van der Waals surface area contributed by atoms with Gasteiger partial charge in [0.2, 0.25) is 0 Å². The second kappa shape index (κ2) is 7.89. The minimum atomic E-state index is -1.15. The van der Waals surface area contributed by atoms with Crippen LogP contribution in [0.25, 0.3) is 11.8 Å². The molecule has 0 bridgehead atoms. The van der Waals surface area contributed by atoms with Crippen molar-refractivity contribution in [2.24, 2.45) is 0 Å². The van der Waals surface area contributed by atoms with Gasteiger partial charge in [-0.05, 0) is 55.3 Å². The summed E-state index contributed by atoms with van der Waals surface area (Å²) in [5.74, 6) is -0.588. The zero-order chi connectivity index (χ0) is 22.3. The molecule has 0 radical (unpaired) electrons. The number of carbonyl (C=O) groups excluding carboxylic acids is 1. The summed E-state index contributed by atoms with van der Waals surface area (Å²) in [6.45, 7) is 3.67. The van der Waals surface area contributed by atoms with Gasteiger partial charge in [0.25, 0.3) is 5.91 Å². The average molecular weight is 430 g/mol. The molecule has 3 aromatic rings. The third-order valence-corrected chi connectivity index (χ3v) is 5.64. The molecular formula is C26H23FN2O3. The van der Waals surface area contributed by atoms with E-state index in [1.807, 2.05) is 60.7 Å². The Labute approximate surface area is 186 Å². The summed E-state index contributed by atoms with van der Waals surface area (Å²) < 4.78 is 13.6. The van der Waals surface area contributed by atoms with Crippen LogP contribution in [0.4, 0.5) is 4.39 Å². The quantitative estimate of drug-likeness (QED) is 0.562. The third-order valence-electron chi connectivity index (χ3n) is 5.64. The smallest absolute Gasteiger partial charge is 0.269 e. The van der Waals surface area contributed by atoms with E-state index in [0.717, 1.165) is 28.0 Å². The van der Waals surface area contributed by atoms with Gasteiger partial charge in [0, 0.05) is 11.1 Å². The Kier molecular flexibility index (Phi) is 5.04. The zero-order valence-corrected chi connectivity index (χ0v) is 17.9. The highest BCUT2D eigenvalue weighted by molar-refractivity contribution is 5.88. The summed E-state index contributed by atoms with van der Waals surface area (Å²) in [4.78, 5) is 25.7. The number of hydrogen-bond donors (Lipinski definition) is 0. The minimum Gasteiger partial charge on any atom is -0.269 e. The molecule has 6 heteroatoms. The van der Waals surface area contributed by atoms with Crippen molar-refractivity contribution in [3.05, 3.63) is 107 Å². The van der Waals surface area contributed by atoms with Crippen molar-refractivity contribution in [2.75, 3.05) is 0 Å². The summed E-state index contributed by atoms with van der Waals surface area (Å²) in [6.07, 6.45) is 1.36. The first kappa shape index (κ1) is 20.4. The van der Waals surface area contributed by atoms with Crippen molar-refractivity contribution >= 4 is 17.7 Å². The molecular weight excluding hydrogens is 407 g/mol. The van der Waals surface area contributed by atoms with Gasteiger partial charge in [-0.15, -0.1) is 0 Å². The van der Waals surface area contributed by atoms with Crippen LogP contribution in [0.3, 0.4) is 0 Å². The van der Waals surface area contributed by atoms with Crippen LogP contribution in [0, 0.1) is 5.82 Å². The number of nitrogens with zero attached hydrogens (tertiary/aromatic N) is 2. The molecule has 0 N–H and O–H groups in total. The van der Waals surface area contributed by atoms with E-state index in [9.17, 15) is 9.18 Å². The largest absolute Gasteiger partial charge is 0.282 e. The Balaban J connectivity index is 1.59. The van der Waals surface area contributed by atoms with E-state index in [0.29, 0.717) is 0 Å². The second-order valence-electron chi connectivity index (χ2n) is 8.36. The molecule has 1 fully saturated rings. The van der Waals surface area contributed by atoms with Crippen molar-refractivity contribution in [3.8, 4) is 0 Å². The summed E-state index contributed by atoms with van der Waals surface area (Å²) >= 11 is 0. The van der Waals surface area contributed by atoms with Crippen molar-refractivity contribution in [1.29, 1.82) is 0 Å². The van der Waals surface area contributed by atoms with E-state index in [1.54, 1.807) is 31.0 Å². The molecule has 3 aromatic carbocycles. The van der Waals surface area contributed by atoms with Crippen LogP contribution in [0.2, 0.25) is 0 Å². The molecule has 1 unspecified atom stereocenters. The maximum absolute atomic E-state index is 13.6. The fourth-order valence-corrected chi connectivity index (χ4v) is 4.01. The Morgan fingerprint density at radius 1 is 0.969 bits per heavy atom. The predicted octanol–water partition coefficient (Wildman–Crippen LogP) is 5.32. The lowest BCUT2D eigenvalue weighted by atomic mass is 9.95. The molecule has 0 saturated carbocycles. The fourth-order valence-electron chi connectivity index (χ4n) is 4.01. The topological polar surface area (TPSA) is 42.0 Å². The summed E-state index contributed by atoms with van der Waals surface area (Å²) in [6, 6.07) is 23.7. The Bertz CT molecular complexity index is 1180. The molecule has 0 aromatic heterocycles. The van der Waals surface area contributed by atoms with E-state index >= 15 is 0 Å². The van der Waals surface area contributed by atoms with Gasteiger partial charge in [-0.25, -0.2) is 9.45 Å². The fraction of sp³-hybridized carbons (Fsp3) is 0.192. The Morgan fingerprint density at radius 2 is 1.66 bits per heavy atom. The van der Waals surface area contributed by atoms with Crippen molar-refractivity contribution in [1.82, 2.24) is 10.1 Å². The second-order valence-corrected chi connectivity index (χ2v) is 8.36. The molecule has 1 atom stereocenters. The van der Waals surface area contributed by atoms with Crippen LogP contribution in [0.5, 0.6) is 0 Å². The first-order valence-corrected chi connectivity index (χ1v) is 10.5. The minimum absolute atomic E-state index is 0.241. The highest BCUT2D eigenvalue weighted by Gasteiger charge is 2.51. The van der Waals surface area contributed by atoms with Gasteiger partial charge in [-0.2, -0.15) is 5.06 Å². The number of halogens is 1. The highest BCUT2D eigenvalue weighted by Crippen LogP contribution is 2.46. The van der Waals surface area contributed by atoms with Gasteiger partial charge >= 0.3 is 0 Å². The zero-order valence-electron chi connectivity index (χ0n) is 17.9. The molecule has 32 heavy (non-hydrogen) atoms. The maximum Gasteiger partial charge on any atom is 0.282 e. The lowest BCUT2D eigenvalue weighted by Gasteiger charge is -2.50. The van der Waals surface area contributed by atoms with Crippen molar-refractivity contribution in [3.63, 3.8) is 0 Å². The van der Waals surface area contributed by atoms with Crippen molar-refractivity contribution in [2.45, 2.75) is 32.2 Å². The van der Waals surface area contributed by atoms with Gasteiger partial charge in [0.05, 0.1) is 5.70 Å². The predicted molar refractivity (Wildman–Crippen MR) is 119 cm³/mol.